The lowest BCUT2D eigenvalue weighted by Gasteiger charge is -2.47. The Morgan fingerprint density at radius 2 is 2.00 bits per heavy atom. The number of benzene rings is 1. The zero-order valence-electron chi connectivity index (χ0n) is 11.8. The van der Waals surface area contributed by atoms with Crippen LogP contribution in [0.3, 0.4) is 0 Å². The SMILES string of the molecule is O=C(O)C1CCN(C(=O)OCc2ccccc2)C12CCC2. The maximum absolute atomic E-state index is 12.3. The van der Waals surface area contributed by atoms with Crippen LogP contribution in [0.15, 0.2) is 30.3 Å². The molecular formula is C16H19NO4. The zero-order chi connectivity index (χ0) is 14.9. The van der Waals surface area contributed by atoms with E-state index >= 15 is 0 Å². The van der Waals surface area contributed by atoms with Gasteiger partial charge >= 0.3 is 12.1 Å². The van der Waals surface area contributed by atoms with Gasteiger partial charge in [-0.3, -0.25) is 4.79 Å². The number of rotatable bonds is 3. The van der Waals surface area contributed by atoms with E-state index < -0.39 is 17.4 Å². The first-order chi connectivity index (χ1) is 10.1. The van der Waals surface area contributed by atoms with Crippen molar-refractivity contribution in [3.63, 3.8) is 0 Å². The summed E-state index contributed by atoms with van der Waals surface area (Å²) in [4.78, 5) is 25.3. The minimum Gasteiger partial charge on any atom is -0.481 e. The minimum atomic E-state index is -0.798. The lowest BCUT2D eigenvalue weighted by atomic mass is 9.68. The number of carboxylic acids is 1. The Bertz CT molecular complexity index is 538. The molecule has 1 atom stereocenters. The number of hydrogen-bond acceptors (Lipinski definition) is 3. The maximum atomic E-state index is 12.3. The van der Waals surface area contributed by atoms with Crippen molar-refractivity contribution in [2.45, 2.75) is 37.8 Å². The standard InChI is InChI=1S/C16H19NO4/c18-14(19)13-7-10-17(16(13)8-4-9-16)15(20)21-11-12-5-2-1-3-6-12/h1-3,5-6,13H,4,7-11H2,(H,18,19). The number of likely N-dealkylation sites (tertiary alicyclic amines) is 1. The Labute approximate surface area is 123 Å². The van der Waals surface area contributed by atoms with Crippen LogP contribution >= 0.6 is 0 Å². The van der Waals surface area contributed by atoms with Crippen molar-refractivity contribution in [1.29, 1.82) is 0 Å². The van der Waals surface area contributed by atoms with E-state index in [2.05, 4.69) is 0 Å². The molecule has 2 aliphatic rings. The molecule has 1 N–H and O–H groups in total. The van der Waals surface area contributed by atoms with E-state index in [1.54, 1.807) is 4.90 Å². The normalized spacial score (nSPS) is 22.9. The number of ether oxygens (including phenoxy) is 1. The van der Waals surface area contributed by atoms with Gasteiger partial charge in [0.25, 0.3) is 0 Å². The molecule has 21 heavy (non-hydrogen) atoms. The first kappa shape index (κ1) is 13.9. The molecule has 1 aliphatic carbocycles. The monoisotopic (exact) mass is 289 g/mol. The summed E-state index contributed by atoms with van der Waals surface area (Å²) in [5, 5.41) is 9.34. The number of amides is 1. The Balaban J connectivity index is 1.66. The van der Waals surface area contributed by atoms with E-state index in [4.69, 9.17) is 4.74 Å². The predicted molar refractivity (Wildman–Crippen MR) is 75.7 cm³/mol. The van der Waals surface area contributed by atoms with Gasteiger partial charge in [-0.15, -0.1) is 0 Å². The number of aliphatic carboxylic acids is 1. The Morgan fingerprint density at radius 1 is 1.29 bits per heavy atom. The summed E-state index contributed by atoms with van der Waals surface area (Å²) in [6, 6.07) is 9.50. The van der Waals surface area contributed by atoms with Crippen LogP contribution in [0.1, 0.15) is 31.2 Å². The highest BCUT2D eigenvalue weighted by Gasteiger charge is 2.57. The molecule has 1 amide bonds. The van der Waals surface area contributed by atoms with Crippen molar-refractivity contribution in [3.05, 3.63) is 35.9 Å². The predicted octanol–water partition coefficient (Wildman–Crippen LogP) is 2.65. The molecule has 1 unspecified atom stereocenters. The van der Waals surface area contributed by atoms with Gasteiger partial charge in [0.05, 0.1) is 11.5 Å². The third-order valence-electron chi connectivity index (χ3n) is 4.77. The maximum Gasteiger partial charge on any atom is 0.410 e. The van der Waals surface area contributed by atoms with Gasteiger partial charge in [-0.05, 0) is 31.2 Å². The number of carbonyl (C=O) groups excluding carboxylic acids is 1. The molecule has 0 bridgehead atoms. The molecule has 5 nitrogen and oxygen atoms in total. The van der Waals surface area contributed by atoms with Crippen LogP contribution in [-0.2, 0) is 16.1 Å². The topological polar surface area (TPSA) is 66.8 Å². The fourth-order valence-corrected chi connectivity index (χ4v) is 3.52. The molecule has 0 aromatic heterocycles. The number of hydrogen-bond donors (Lipinski definition) is 1. The van der Waals surface area contributed by atoms with Gasteiger partial charge in [0, 0.05) is 6.54 Å². The summed E-state index contributed by atoms with van der Waals surface area (Å²) in [5.41, 5.74) is 0.432. The van der Waals surface area contributed by atoms with Crippen LogP contribution < -0.4 is 0 Å². The fourth-order valence-electron chi connectivity index (χ4n) is 3.52. The van der Waals surface area contributed by atoms with Crippen molar-refractivity contribution < 1.29 is 19.4 Å². The number of carboxylic acid groups (broad SMARTS) is 1. The van der Waals surface area contributed by atoms with Crippen LogP contribution in [0.4, 0.5) is 4.79 Å². The smallest absolute Gasteiger partial charge is 0.410 e. The molecule has 3 rings (SSSR count). The summed E-state index contributed by atoms with van der Waals surface area (Å²) < 4.78 is 5.37. The van der Waals surface area contributed by atoms with Crippen molar-refractivity contribution in [2.75, 3.05) is 6.54 Å². The van der Waals surface area contributed by atoms with Crippen molar-refractivity contribution in [1.82, 2.24) is 4.90 Å². The van der Waals surface area contributed by atoms with Crippen LogP contribution in [0.25, 0.3) is 0 Å². The van der Waals surface area contributed by atoms with Crippen molar-refractivity contribution in [2.24, 2.45) is 5.92 Å². The molecule has 5 heteroatoms. The molecule has 1 aromatic carbocycles. The van der Waals surface area contributed by atoms with E-state index in [-0.39, 0.29) is 12.7 Å². The first-order valence-corrected chi connectivity index (χ1v) is 7.35. The molecule has 1 saturated carbocycles. The van der Waals surface area contributed by atoms with Crippen LogP contribution in [-0.4, -0.2) is 34.2 Å². The Kier molecular flexibility index (Phi) is 3.57. The Hall–Kier alpha value is -2.04. The average Bonchev–Trinajstić information content (AvgIpc) is 2.86. The molecule has 112 valence electrons. The van der Waals surface area contributed by atoms with E-state index in [1.807, 2.05) is 30.3 Å². The van der Waals surface area contributed by atoms with Crippen LogP contribution in [0.5, 0.6) is 0 Å². The zero-order valence-corrected chi connectivity index (χ0v) is 11.8. The van der Waals surface area contributed by atoms with Gasteiger partial charge < -0.3 is 14.7 Å². The average molecular weight is 289 g/mol. The highest BCUT2D eigenvalue weighted by atomic mass is 16.6. The second-order valence-electron chi connectivity index (χ2n) is 5.83. The summed E-state index contributed by atoms with van der Waals surface area (Å²) in [5.74, 6) is -1.25. The van der Waals surface area contributed by atoms with E-state index in [1.165, 1.54) is 0 Å². The lowest BCUT2D eigenvalue weighted by molar-refractivity contribution is -0.146. The molecule has 2 fully saturated rings. The fraction of sp³-hybridized carbons (Fsp3) is 0.500. The lowest BCUT2D eigenvalue weighted by Crippen LogP contribution is -2.57. The minimum absolute atomic E-state index is 0.226. The number of carbonyl (C=O) groups is 2. The quantitative estimate of drug-likeness (QED) is 0.929. The molecule has 1 heterocycles. The number of nitrogens with zero attached hydrogens (tertiary/aromatic N) is 1. The molecule has 0 radical (unpaired) electrons. The summed E-state index contributed by atoms with van der Waals surface area (Å²) in [7, 11) is 0. The molecule has 1 aromatic rings. The van der Waals surface area contributed by atoms with Gasteiger partial charge in [-0.25, -0.2) is 4.79 Å². The Morgan fingerprint density at radius 3 is 2.57 bits per heavy atom. The van der Waals surface area contributed by atoms with Gasteiger partial charge in [0.2, 0.25) is 0 Å². The molecule has 1 aliphatic heterocycles. The first-order valence-electron chi connectivity index (χ1n) is 7.35. The highest BCUT2D eigenvalue weighted by Crippen LogP contribution is 2.49. The van der Waals surface area contributed by atoms with Crippen molar-refractivity contribution in [3.8, 4) is 0 Å². The molecule has 1 saturated heterocycles. The van der Waals surface area contributed by atoms with Crippen molar-refractivity contribution >= 4 is 12.1 Å². The van der Waals surface area contributed by atoms with Gasteiger partial charge in [-0.2, -0.15) is 0 Å². The van der Waals surface area contributed by atoms with E-state index in [9.17, 15) is 14.7 Å². The molecule has 1 spiro atoms. The third kappa shape index (κ3) is 2.37. The molecular weight excluding hydrogens is 270 g/mol. The second kappa shape index (κ2) is 5.39. The van der Waals surface area contributed by atoms with Gasteiger partial charge in [0.15, 0.2) is 0 Å². The van der Waals surface area contributed by atoms with E-state index in [0.29, 0.717) is 13.0 Å². The van der Waals surface area contributed by atoms with Gasteiger partial charge in [0.1, 0.15) is 6.61 Å². The third-order valence-corrected chi connectivity index (χ3v) is 4.77. The summed E-state index contributed by atoms with van der Waals surface area (Å²) >= 11 is 0. The largest absolute Gasteiger partial charge is 0.481 e. The van der Waals surface area contributed by atoms with Crippen LogP contribution in [0, 0.1) is 5.92 Å². The van der Waals surface area contributed by atoms with Gasteiger partial charge in [-0.1, -0.05) is 30.3 Å². The summed E-state index contributed by atoms with van der Waals surface area (Å²) in [6.45, 7) is 0.703. The van der Waals surface area contributed by atoms with Crippen LogP contribution in [0.2, 0.25) is 0 Å². The van der Waals surface area contributed by atoms with E-state index in [0.717, 1.165) is 24.8 Å². The second-order valence-corrected chi connectivity index (χ2v) is 5.83. The highest BCUT2D eigenvalue weighted by molar-refractivity contribution is 5.77. The summed E-state index contributed by atoms with van der Waals surface area (Å²) in [6.07, 6.45) is 2.65.